The molecule has 0 heterocycles. The van der Waals surface area contributed by atoms with Crippen LogP contribution < -0.4 is 0 Å². The SMILES string of the molecule is CN(C(=O)C1CC1[N+](=O)[O-])C1CCCCCCC1. The third kappa shape index (κ3) is 3.00. The fourth-order valence-corrected chi connectivity index (χ4v) is 2.94. The van der Waals surface area contributed by atoms with Gasteiger partial charge in [-0.2, -0.15) is 0 Å². The van der Waals surface area contributed by atoms with Crippen LogP contribution in [0, 0.1) is 16.0 Å². The number of carbonyl (C=O) groups is 1. The van der Waals surface area contributed by atoms with Crippen molar-refractivity contribution < 1.29 is 9.72 Å². The maximum Gasteiger partial charge on any atom is 0.232 e. The van der Waals surface area contributed by atoms with Crippen LogP contribution in [0.25, 0.3) is 0 Å². The number of carbonyl (C=O) groups excluding carboxylic acids is 1. The Morgan fingerprint density at radius 1 is 1.17 bits per heavy atom. The smallest absolute Gasteiger partial charge is 0.232 e. The first-order valence-corrected chi connectivity index (χ1v) is 7.01. The quantitative estimate of drug-likeness (QED) is 0.573. The van der Waals surface area contributed by atoms with E-state index in [4.69, 9.17) is 0 Å². The molecule has 0 bridgehead atoms. The van der Waals surface area contributed by atoms with E-state index in [0.29, 0.717) is 12.5 Å². The zero-order valence-corrected chi connectivity index (χ0v) is 11.0. The molecule has 0 aromatic heterocycles. The summed E-state index contributed by atoms with van der Waals surface area (Å²) < 4.78 is 0. The molecule has 2 rings (SSSR count). The number of rotatable bonds is 3. The summed E-state index contributed by atoms with van der Waals surface area (Å²) in [6, 6.07) is -0.320. The van der Waals surface area contributed by atoms with Crippen molar-refractivity contribution in [2.75, 3.05) is 7.05 Å². The zero-order valence-electron chi connectivity index (χ0n) is 11.0. The highest BCUT2D eigenvalue weighted by molar-refractivity contribution is 5.82. The van der Waals surface area contributed by atoms with E-state index in [0.717, 1.165) is 12.8 Å². The molecule has 2 aliphatic rings. The van der Waals surface area contributed by atoms with E-state index >= 15 is 0 Å². The predicted octanol–water partition coefficient (Wildman–Crippen LogP) is 2.22. The third-order valence-electron chi connectivity index (χ3n) is 4.31. The van der Waals surface area contributed by atoms with Crippen molar-refractivity contribution in [3.05, 3.63) is 10.1 Å². The van der Waals surface area contributed by atoms with Gasteiger partial charge in [0.2, 0.25) is 11.9 Å². The molecule has 0 aromatic carbocycles. The average Bonchev–Trinajstić information content (AvgIpc) is 3.06. The molecule has 2 atom stereocenters. The molecular formula is C13H22N2O3. The lowest BCUT2D eigenvalue weighted by molar-refractivity contribution is -0.497. The summed E-state index contributed by atoms with van der Waals surface area (Å²) in [4.78, 5) is 24.2. The van der Waals surface area contributed by atoms with E-state index in [9.17, 15) is 14.9 Å². The van der Waals surface area contributed by atoms with E-state index in [1.54, 1.807) is 4.90 Å². The fraction of sp³-hybridized carbons (Fsp3) is 0.923. The lowest BCUT2D eigenvalue weighted by Crippen LogP contribution is -2.39. The Kier molecular flexibility index (Phi) is 4.19. The molecule has 2 aliphatic carbocycles. The summed E-state index contributed by atoms with van der Waals surface area (Å²) >= 11 is 0. The molecule has 0 saturated heterocycles. The van der Waals surface area contributed by atoms with E-state index in [-0.39, 0.29) is 16.7 Å². The second-order valence-corrected chi connectivity index (χ2v) is 5.64. The maximum absolute atomic E-state index is 12.1. The number of hydrogen-bond acceptors (Lipinski definition) is 3. The molecule has 0 spiro atoms. The van der Waals surface area contributed by atoms with E-state index < -0.39 is 6.04 Å². The Hall–Kier alpha value is -1.13. The van der Waals surface area contributed by atoms with Crippen molar-refractivity contribution in [2.24, 2.45) is 5.92 Å². The van der Waals surface area contributed by atoms with Gasteiger partial charge in [0.1, 0.15) is 5.92 Å². The normalized spacial score (nSPS) is 29.2. The van der Waals surface area contributed by atoms with Gasteiger partial charge in [-0.1, -0.05) is 32.1 Å². The Morgan fingerprint density at radius 3 is 2.22 bits per heavy atom. The summed E-state index contributed by atoms with van der Waals surface area (Å²) in [5, 5.41) is 10.6. The summed E-state index contributed by atoms with van der Waals surface area (Å²) in [7, 11) is 1.82. The zero-order chi connectivity index (χ0) is 13.1. The van der Waals surface area contributed by atoms with Crippen LogP contribution in [0.15, 0.2) is 0 Å². The Morgan fingerprint density at radius 2 is 1.72 bits per heavy atom. The van der Waals surface area contributed by atoms with Gasteiger partial charge in [-0.3, -0.25) is 14.9 Å². The van der Waals surface area contributed by atoms with E-state index in [2.05, 4.69) is 0 Å². The summed E-state index contributed by atoms with van der Waals surface area (Å²) in [6.45, 7) is 0. The molecule has 5 heteroatoms. The van der Waals surface area contributed by atoms with Crippen molar-refractivity contribution in [1.29, 1.82) is 0 Å². The number of nitro groups is 1. The molecular weight excluding hydrogens is 232 g/mol. The third-order valence-corrected chi connectivity index (χ3v) is 4.31. The molecule has 0 aliphatic heterocycles. The molecule has 18 heavy (non-hydrogen) atoms. The average molecular weight is 254 g/mol. The van der Waals surface area contributed by atoms with Gasteiger partial charge in [0.05, 0.1) is 0 Å². The molecule has 0 radical (unpaired) electrons. The van der Waals surface area contributed by atoms with Gasteiger partial charge in [0.15, 0.2) is 0 Å². The minimum absolute atomic E-state index is 0.0118. The highest BCUT2D eigenvalue weighted by Crippen LogP contribution is 2.35. The second kappa shape index (κ2) is 5.67. The van der Waals surface area contributed by atoms with Gasteiger partial charge in [-0.05, 0) is 12.8 Å². The van der Waals surface area contributed by atoms with Crippen molar-refractivity contribution in [3.63, 3.8) is 0 Å². The highest BCUT2D eigenvalue weighted by atomic mass is 16.6. The molecule has 2 unspecified atom stereocenters. The molecule has 0 N–H and O–H groups in total. The van der Waals surface area contributed by atoms with Gasteiger partial charge in [-0.25, -0.2) is 0 Å². The first-order chi connectivity index (χ1) is 8.61. The van der Waals surface area contributed by atoms with Crippen LogP contribution in [0.5, 0.6) is 0 Å². The number of amides is 1. The van der Waals surface area contributed by atoms with Crippen LogP contribution in [-0.2, 0) is 4.79 Å². The largest absolute Gasteiger partial charge is 0.342 e. The molecule has 2 fully saturated rings. The predicted molar refractivity (Wildman–Crippen MR) is 67.8 cm³/mol. The van der Waals surface area contributed by atoms with Gasteiger partial charge in [0.25, 0.3) is 0 Å². The molecule has 5 nitrogen and oxygen atoms in total. The summed E-state index contributed by atoms with van der Waals surface area (Å²) in [5.74, 6) is -0.363. The Labute approximate surface area is 108 Å². The van der Waals surface area contributed by atoms with Crippen molar-refractivity contribution in [1.82, 2.24) is 4.90 Å². The first kappa shape index (κ1) is 13.3. The highest BCUT2D eigenvalue weighted by Gasteiger charge is 2.54. The van der Waals surface area contributed by atoms with Crippen LogP contribution in [-0.4, -0.2) is 34.9 Å². The second-order valence-electron chi connectivity index (χ2n) is 5.64. The maximum atomic E-state index is 12.1. The fourth-order valence-electron chi connectivity index (χ4n) is 2.94. The van der Waals surface area contributed by atoms with E-state index in [1.807, 2.05) is 7.05 Å². The van der Waals surface area contributed by atoms with Crippen LogP contribution in [0.2, 0.25) is 0 Å². The van der Waals surface area contributed by atoms with Crippen molar-refractivity contribution >= 4 is 5.91 Å². The lowest BCUT2D eigenvalue weighted by atomic mass is 9.95. The van der Waals surface area contributed by atoms with Crippen LogP contribution in [0.1, 0.15) is 51.4 Å². The van der Waals surface area contributed by atoms with Crippen LogP contribution in [0.3, 0.4) is 0 Å². The van der Waals surface area contributed by atoms with Crippen molar-refractivity contribution in [3.8, 4) is 0 Å². The van der Waals surface area contributed by atoms with Crippen molar-refractivity contribution in [2.45, 2.75) is 63.5 Å². The molecule has 102 valence electrons. The lowest BCUT2D eigenvalue weighted by Gasteiger charge is -2.29. The Balaban J connectivity index is 1.87. The number of hydrogen-bond donors (Lipinski definition) is 0. The first-order valence-electron chi connectivity index (χ1n) is 7.01. The topological polar surface area (TPSA) is 63.5 Å². The van der Waals surface area contributed by atoms with Gasteiger partial charge >= 0.3 is 0 Å². The standard InChI is InChI=1S/C13H22N2O3/c1-14(10-7-5-3-2-4-6-8-10)13(16)11-9-12(11)15(17)18/h10-12H,2-9H2,1H3. The number of nitrogens with zero attached hydrogens (tertiary/aromatic N) is 2. The van der Waals surface area contributed by atoms with Gasteiger partial charge in [0, 0.05) is 24.4 Å². The molecule has 0 aromatic rings. The summed E-state index contributed by atoms with van der Waals surface area (Å²) in [6.07, 6.45) is 8.69. The van der Waals surface area contributed by atoms with Gasteiger partial charge < -0.3 is 4.90 Å². The van der Waals surface area contributed by atoms with Crippen LogP contribution in [0.4, 0.5) is 0 Å². The monoisotopic (exact) mass is 254 g/mol. The molecule has 1 amide bonds. The summed E-state index contributed by atoms with van der Waals surface area (Å²) in [5.41, 5.74) is 0. The molecule has 2 saturated carbocycles. The Bertz CT molecular complexity index is 324. The minimum atomic E-state index is -0.617. The van der Waals surface area contributed by atoms with Gasteiger partial charge in [-0.15, -0.1) is 0 Å². The van der Waals surface area contributed by atoms with Crippen LogP contribution >= 0.6 is 0 Å². The van der Waals surface area contributed by atoms with E-state index in [1.165, 1.54) is 32.1 Å². The minimum Gasteiger partial charge on any atom is -0.342 e.